The molecule has 0 aromatic carbocycles. The lowest BCUT2D eigenvalue weighted by Crippen LogP contribution is -2.57. The fourth-order valence-electron chi connectivity index (χ4n) is 5.84. The van der Waals surface area contributed by atoms with E-state index >= 15 is 0 Å². The van der Waals surface area contributed by atoms with Gasteiger partial charge in [0.15, 0.2) is 0 Å². The summed E-state index contributed by atoms with van der Waals surface area (Å²) in [6, 6.07) is 0. The van der Waals surface area contributed by atoms with Gasteiger partial charge >= 0.3 is 0 Å². The number of carbonyl (C=O) groups is 1. The van der Waals surface area contributed by atoms with Crippen LogP contribution in [0.2, 0.25) is 0 Å². The number of carbonyl (C=O) groups excluding carboxylic acids is 1. The van der Waals surface area contributed by atoms with Crippen molar-refractivity contribution in [3.63, 3.8) is 0 Å². The predicted molar refractivity (Wildman–Crippen MR) is 90.4 cm³/mol. The fourth-order valence-corrected chi connectivity index (χ4v) is 6.91. The fraction of sp³-hybridized carbons (Fsp3) is 0.944. The molecule has 1 amide bonds. The minimum Gasteiger partial charge on any atom is -0.355 e. The van der Waals surface area contributed by atoms with Crippen LogP contribution in [0.25, 0.3) is 0 Å². The molecule has 4 aliphatic rings. The molecule has 2 atom stereocenters. The van der Waals surface area contributed by atoms with Gasteiger partial charge in [0.25, 0.3) is 0 Å². The molecule has 0 spiro atoms. The molecule has 120 valence electrons. The van der Waals surface area contributed by atoms with Gasteiger partial charge in [0.1, 0.15) is 0 Å². The van der Waals surface area contributed by atoms with Crippen molar-refractivity contribution in [1.29, 1.82) is 0 Å². The summed E-state index contributed by atoms with van der Waals surface area (Å²) in [6.45, 7) is 7.73. The van der Waals surface area contributed by atoms with Gasteiger partial charge in [-0.3, -0.25) is 4.79 Å². The Morgan fingerprint density at radius 3 is 2.38 bits per heavy atom. The quantitative estimate of drug-likeness (QED) is 0.721. The summed E-state index contributed by atoms with van der Waals surface area (Å²) < 4.78 is 0. The molecule has 3 heteroatoms. The maximum Gasteiger partial charge on any atom is 0.226 e. The van der Waals surface area contributed by atoms with Crippen molar-refractivity contribution in [3.05, 3.63) is 0 Å². The monoisotopic (exact) mass is 355 g/mol. The van der Waals surface area contributed by atoms with E-state index in [2.05, 4.69) is 42.0 Å². The van der Waals surface area contributed by atoms with Crippen molar-refractivity contribution in [1.82, 2.24) is 5.32 Å². The van der Waals surface area contributed by atoms with Gasteiger partial charge in [-0.1, -0.05) is 36.7 Å². The van der Waals surface area contributed by atoms with Gasteiger partial charge < -0.3 is 5.32 Å². The average molecular weight is 356 g/mol. The van der Waals surface area contributed by atoms with Crippen molar-refractivity contribution in [3.8, 4) is 0 Å². The van der Waals surface area contributed by atoms with Crippen LogP contribution in [0.15, 0.2) is 0 Å². The van der Waals surface area contributed by atoms with Gasteiger partial charge in [-0.2, -0.15) is 0 Å². The van der Waals surface area contributed by atoms with Gasteiger partial charge in [0.05, 0.1) is 5.41 Å². The molecule has 0 radical (unpaired) electrons. The van der Waals surface area contributed by atoms with Crippen molar-refractivity contribution in [2.45, 2.75) is 65.7 Å². The molecule has 2 unspecified atom stereocenters. The van der Waals surface area contributed by atoms with Crippen LogP contribution in [0.4, 0.5) is 0 Å². The van der Waals surface area contributed by atoms with Gasteiger partial charge in [0, 0.05) is 11.9 Å². The standard InChI is InChI=1S/C18H30BrNO/c1-16(2,4-5-19)12-20-15(21)18-9-13-6-14(10-18)8-17(3,7-13)11-18/h13-14H,4-12H2,1-3H3,(H,20,21). The molecule has 4 rings (SSSR count). The SMILES string of the molecule is CC(C)(CCBr)CNC(=O)C12CC3CC(CC(C)(C3)C1)C2. The molecule has 4 saturated carbocycles. The smallest absolute Gasteiger partial charge is 0.226 e. The van der Waals surface area contributed by atoms with Crippen LogP contribution in [-0.2, 0) is 4.79 Å². The topological polar surface area (TPSA) is 29.1 Å². The minimum absolute atomic E-state index is 0.0245. The third kappa shape index (κ3) is 3.04. The zero-order valence-electron chi connectivity index (χ0n) is 13.8. The highest BCUT2D eigenvalue weighted by Crippen LogP contribution is 2.65. The summed E-state index contributed by atoms with van der Waals surface area (Å²) in [5.41, 5.74) is 0.613. The van der Waals surface area contributed by atoms with E-state index in [4.69, 9.17) is 0 Å². The first-order valence-electron chi connectivity index (χ1n) is 8.60. The van der Waals surface area contributed by atoms with Crippen LogP contribution in [0.1, 0.15) is 65.7 Å². The normalized spacial score (nSPS) is 41.3. The van der Waals surface area contributed by atoms with E-state index in [0.29, 0.717) is 11.3 Å². The van der Waals surface area contributed by atoms with E-state index in [1.165, 1.54) is 19.3 Å². The lowest BCUT2D eigenvalue weighted by atomic mass is 9.44. The molecule has 4 fully saturated rings. The van der Waals surface area contributed by atoms with E-state index in [1.54, 1.807) is 0 Å². The molecule has 0 heterocycles. The Kier molecular flexibility index (Phi) is 3.96. The maximum absolute atomic E-state index is 13.0. The maximum atomic E-state index is 13.0. The lowest BCUT2D eigenvalue weighted by Gasteiger charge is -2.60. The Labute approximate surface area is 138 Å². The molecule has 2 nitrogen and oxygen atoms in total. The minimum atomic E-state index is -0.0245. The molecule has 21 heavy (non-hydrogen) atoms. The van der Waals surface area contributed by atoms with E-state index in [9.17, 15) is 4.79 Å². The average Bonchev–Trinajstić information content (AvgIpc) is 2.32. The molecule has 0 aromatic heterocycles. The highest BCUT2D eigenvalue weighted by atomic mass is 79.9. The van der Waals surface area contributed by atoms with Gasteiger partial charge in [-0.15, -0.1) is 0 Å². The largest absolute Gasteiger partial charge is 0.355 e. The number of halogens is 1. The second kappa shape index (κ2) is 5.25. The number of amides is 1. The van der Waals surface area contributed by atoms with E-state index in [0.717, 1.165) is 49.4 Å². The van der Waals surface area contributed by atoms with Gasteiger partial charge in [-0.05, 0) is 67.6 Å². The number of rotatable bonds is 5. The summed E-state index contributed by atoms with van der Waals surface area (Å²) in [6.07, 6.45) is 8.68. The van der Waals surface area contributed by atoms with Crippen LogP contribution in [-0.4, -0.2) is 17.8 Å². The second-order valence-corrected chi connectivity index (χ2v) is 10.1. The number of hydrogen-bond donors (Lipinski definition) is 1. The zero-order valence-corrected chi connectivity index (χ0v) is 15.4. The van der Waals surface area contributed by atoms with E-state index < -0.39 is 0 Å². The zero-order chi connectivity index (χ0) is 15.3. The van der Waals surface area contributed by atoms with Gasteiger partial charge in [0.2, 0.25) is 5.91 Å². The summed E-state index contributed by atoms with van der Waals surface area (Å²) in [4.78, 5) is 13.0. The lowest BCUT2D eigenvalue weighted by molar-refractivity contribution is -0.155. The van der Waals surface area contributed by atoms with E-state index in [1.807, 2.05) is 0 Å². The molecular weight excluding hydrogens is 326 g/mol. The number of alkyl halides is 1. The first-order chi connectivity index (χ1) is 9.76. The molecule has 4 bridgehead atoms. The third-order valence-electron chi connectivity index (χ3n) is 6.33. The van der Waals surface area contributed by atoms with Crippen molar-refractivity contribution in [2.75, 3.05) is 11.9 Å². The van der Waals surface area contributed by atoms with Crippen molar-refractivity contribution >= 4 is 21.8 Å². The number of hydrogen-bond acceptors (Lipinski definition) is 1. The third-order valence-corrected chi connectivity index (χ3v) is 6.73. The van der Waals surface area contributed by atoms with E-state index in [-0.39, 0.29) is 10.8 Å². The Morgan fingerprint density at radius 1 is 1.24 bits per heavy atom. The highest BCUT2D eigenvalue weighted by molar-refractivity contribution is 9.09. The summed E-state index contributed by atoms with van der Waals surface area (Å²) in [5.74, 6) is 2.00. The first kappa shape index (κ1) is 15.8. The molecule has 1 N–H and O–H groups in total. The van der Waals surface area contributed by atoms with Gasteiger partial charge in [-0.25, -0.2) is 0 Å². The second-order valence-electron chi connectivity index (χ2n) is 9.34. The Bertz CT molecular complexity index is 417. The summed E-state index contributed by atoms with van der Waals surface area (Å²) in [5, 5.41) is 4.33. The summed E-state index contributed by atoms with van der Waals surface area (Å²) in [7, 11) is 0. The molecule has 0 aliphatic heterocycles. The van der Waals surface area contributed by atoms with Crippen LogP contribution in [0.3, 0.4) is 0 Å². The van der Waals surface area contributed by atoms with Crippen molar-refractivity contribution < 1.29 is 4.79 Å². The Hall–Kier alpha value is -0.0500. The molecule has 4 aliphatic carbocycles. The highest BCUT2D eigenvalue weighted by Gasteiger charge is 2.58. The number of nitrogens with one attached hydrogen (secondary N) is 1. The molecular formula is C18H30BrNO. The van der Waals surface area contributed by atoms with Crippen LogP contribution >= 0.6 is 15.9 Å². The first-order valence-corrected chi connectivity index (χ1v) is 9.72. The van der Waals surface area contributed by atoms with Crippen LogP contribution in [0.5, 0.6) is 0 Å². The summed E-state index contributed by atoms with van der Waals surface area (Å²) >= 11 is 3.52. The van der Waals surface area contributed by atoms with Crippen LogP contribution < -0.4 is 5.32 Å². The Morgan fingerprint density at radius 2 is 1.86 bits per heavy atom. The van der Waals surface area contributed by atoms with Crippen molar-refractivity contribution in [2.24, 2.45) is 28.1 Å². The molecule has 0 aromatic rings. The van der Waals surface area contributed by atoms with Crippen LogP contribution in [0, 0.1) is 28.1 Å². The molecule has 0 saturated heterocycles. The predicted octanol–water partition coefficient (Wildman–Crippen LogP) is 4.52. The Balaban J connectivity index is 1.67.